The van der Waals surface area contributed by atoms with E-state index in [0.717, 1.165) is 5.56 Å². The molecule has 2 rings (SSSR count). The number of aliphatic hydroxyl groups is 1. The molecule has 1 unspecified atom stereocenters. The van der Waals surface area contributed by atoms with Crippen molar-refractivity contribution in [3.8, 4) is 0 Å². The van der Waals surface area contributed by atoms with Gasteiger partial charge in [0.15, 0.2) is 0 Å². The van der Waals surface area contributed by atoms with Gasteiger partial charge in [0.05, 0.1) is 23.5 Å². The van der Waals surface area contributed by atoms with Crippen LogP contribution in [0.25, 0.3) is 0 Å². The fourth-order valence-electron chi connectivity index (χ4n) is 2.36. The highest BCUT2D eigenvalue weighted by Crippen LogP contribution is 2.17. The number of amides is 2. The van der Waals surface area contributed by atoms with Gasteiger partial charge in [-0.25, -0.2) is 4.79 Å². The minimum absolute atomic E-state index is 0.148. The summed E-state index contributed by atoms with van der Waals surface area (Å²) in [6.45, 7) is 8.76. The van der Waals surface area contributed by atoms with Crippen molar-refractivity contribution < 1.29 is 9.90 Å². The summed E-state index contributed by atoms with van der Waals surface area (Å²) in [6.07, 6.45) is 3.50. The van der Waals surface area contributed by atoms with Crippen LogP contribution < -0.4 is 5.32 Å². The Hall–Kier alpha value is -2.34. The summed E-state index contributed by atoms with van der Waals surface area (Å²) in [6, 6.07) is 9.51. The number of nitrogens with zero attached hydrogens (tertiary/aromatic N) is 3. The molecular formula is C19H28N4O2. The summed E-state index contributed by atoms with van der Waals surface area (Å²) in [5, 5.41) is 17.2. The highest BCUT2D eigenvalue weighted by molar-refractivity contribution is 5.89. The van der Waals surface area contributed by atoms with E-state index in [0.29, 0.717) is 18.7 Å². The molecule has 2 amide bonds. The van der Waals surface area contributed by atoms with Gasteiger partial charge in [-0.3, -0.25) is 4.68 Å². The molecule has 2 aromatic rings. The Balaban J connectivity index is 2.10. The summed E-state index contributed by atoms with van der Waals surface area (Å²) >= 11 is 0. The van der Waals surface area contributed by atoms with Crippen molar-refractivity contribution in [1.82, 2.24) is 14.7 Å². The lowest BCUT2D eigenvalue weighted by atomic mass is 10.1. The van der Waals surface area contributed by atoms with Crippen molar-refractivity contribution in [3.63, 3.8) is 0 Å². The molecule has 1 atom stereocenters. The first-order valence-electron chi connectivity index (χ1n) is 8.62. The summed E-state index contributed by atoms with van der Waals surface area (Å²) in [5.74, 6) is 0. The van der Waals surface area contributed by atoms with Gasteiger partial charge in [-0.2, -0.15) is 5.10 Å². The number of urea groups is 1. The molecule has 0 saturated carbocycles. The number of nitrogens with one attached hydrogen (secondary N) is 1. The van der Waals surface area contributed by atoms with E-state index in [9.17, 15) is 9.90 Å². The summed E-state index contributed by atoms with van der Waals surface area (Å²) < 4.78 is 1.81. The Morgan fingerprint density at radius 2 is 2.00 bits per heavy atom. The van der Waals surface area contributed by atoms with Crippen LogP contribution in [0.5, 0.6) is 0 Å². The molecule has 6 heteroatoms. The van der Waals surface area contributed by atoms with Crippen molar-refractivity contribution in [2.45, 2.75) is 52.3 Å². The molecule has 1 aromatic heterocycles. The predicted octanol–water partition coefficient (Wildman–Crippen LogP) is 3.44. The SMILES string of the molecule is CCC(O)CN(Cc1ccccc1)C(=O)Nc1cnn(C(C)(C)C)c1. The molecule has 6 nitrogen and oxygen atoms in total. The summed E-state index contributed by atoms with van der Waals surface area (Å²) in [7, 11) is 0. The second kappa shape index (κ2) is 8.16. The van der Waals surface area contributed by atoms with Crippen molar-refractivity contribution in [2.24, 2.45) is 0 Å². The Labute approximate surface area is 149 Å². The molecule has 1 heterocycles. The number of carbonyl (C=O) groups is 1. The zero-order valence-electron chi connectivity index (χ0n) is 15.4. The molecule has 25 heavy (non-hydrogen) atoms. The van der Waals surface area contributed by atoms with Crippen molar-refractivity contribution in [2.75, 3.05) is 11.9 Å². The van der Waals surface area contributed by atoms with Gasteiger partial charge in [-0.15, -0.1) is 0 Å². The third-order valence-corrected chi connectivity index (χ3v) is 3.93. The molecule has 136 valence electrons. The predicted molar refractivity (Wildman–Crippen MR) is 99.4 cm³/mol. The van der Waals surface area contributed by atoms with Crippen LogP contribution in [0, 0.1) is 0 Å². The number of hydrogen-bond acceptors (Lipinski definition) is 3. The number of hydrogen-bond donors (Lipinski definition) is 2. The molecule has 1 aromatic carbocycles. The standard InChI is InChI=1S/C19H28N4O2/c1-5-17(24)14-22(12-15-9-7-6-8-10-15)18(25)21-16-11-20-23(13-16)19(2,3)4/h6-11,13,17,24H,5,12,14H2,1-4H3,(H,21,25). The fraction of sp³-hybridized carbons (Fsp3) is 0.474. The van der Waals surface area contributed by atoms with E-state index in [1.165, 1.54) is 0 Å². The number of anilines is 1. The average molecular weight is 344 g/mol. The first-order valence-corrected chi connectivity index (χ1v) is 8.62. The van der Waals surface area contributed by atoms with Gasteiger partial charge in [0.25, 0.3) is 0 Å². The molecule has 0 spiro atoms. The largest absolute Gasteiger partial charge is 0.391 e. The lowest BCUT2D eigenvalue weighted by molar-refractivity contribution is 0.119. The van der Waals surface area contributed by atoms with E-state index in [1.54, 1.807) is 11.1 Å². The normalized spacial score (nSPS) is 12.7. The lowest BCUT2D eigenvalue weighted by Gasteiger charge is -2.25. The number of benzene rings is 1. The Morgan fingerprint density at radius 1 is 1.32 bits per heavy atom. The third-order valence-electron chi connectivity index (χ3n) is 3.93. The molecule has 0 fully saturated rings. The van der Waals surface area contributed by atoms with Crippen LogP contribution >= 0.6 is 0 Å². The van der Waals surface area contributed by atoms with E-state index >= 15 is 0 Å². The smallest absolute Gasteiger partial charge is 0.322 e. The second-order valence-electron chi connectivity index (χ2n) is 7.20. The number of aliphatic hydroxyl groups excluding tert-OH is 1. The maximum Gasteiger partial charge on any atom is 0.322 e. The highest BCUT2D eigenvalue weighted by Gasteiger charge is 2.19. The lowest BCUT2D eigenvalue weighted by Crippen LogP contribution is -2.39. The van der Waals surface area contributed by atoms with E-state index in [2.05, 4.69) is 10.4 Å². The number of carbonyl (C=O) groups excluding carboxylic acids is 1. The van der Waals surface area contributed by atoms with Gasteiger partial charge >= 0.3 is 6.03 Å². The topological polar surface area (TPSA) is 70.4 Å². The minimum Gasteiger partial charge on any atom is -0.391 e. The average Bonchev–Trinajstić information content (AvgIpc) is 3.03. The maximum atomic E-state index is 12.7. The zero-order valence-corrected chi connectivity index (χ0v) is 15.4. The molecule has 0 aliphatic rings. The van der Waals surface area contributed by atoms with E-state index in [-0.39, 0.29) is 18.1 Å². The summed E-state index contributed by atoms with van der Waals surface area (Å²) in [4.78, 5) is 14.3. The molecule has 0 aliphatic carbocycles. The quantitative estimate of drug-likeness (QED) is 0.843. The van der Waals surface area contributed by atoms with E-state index < -0.39 is 6.10 Å². The van der Waals surface area contributed by atoms with Crippen LogP contribution in [-0.4, -0.2) is 38.5 Å². The van der Waals surface area contributed by atoms with E-state index in [4.69, 9.17) is 0 Å². The number of rotatable bonds is 6. The van der Waals surface area contributed by atoms with Crippen LogP contribution in [0.3, 0.4) is 0 Å². The molecule has 2 N–H and O–H groups in total. The Morgan fingerprint density at radius 3 is 2.56 bits per heavy atom. The number of aromatic nitrogens is 2. The van der Waals surface area contributed by atoms with Crippen molar-refractivity contribution >= 4 is 11.7 Å². The molecular weight excluding hydrogens is 316 g/mol. The third kappa shape index (κ3) is 5.60. The second-order valence-corrected chi connectivity index (χ2v) is 7.20. The van der Waals surface area contributed by atoms with Crippen LogP contribution in [0.1, 0.15) is 39.7 Å². The highest BCUT2D eigenvalue weighted by atomic mass is 16.3. The molecule has 0 radical (unpaired) electrons. The van der Waals surface area contributed by atoms with Gasteiger partial charge in [-0.1, -0.05) is 37.3 Å². The zero-order chi connectivity index (χ0) is 18.4. The molecule has 0 bridgehead atoms. The Bertz CT molecular complexity index is 676. The van der Waals surface area contributed by atoms with Gasteiger partial charge in [0, 0.05) is 19.3 Å². The van der Waals surface area contributed by atoms with Crippen LogP contribution in [0.4, 0.5) is 10.5 Å². The van der Waals surface area contributed by atoms with Crippen molar-refractivity contribution in [1.29, 1.82) is 0 Å². The van der Waals surface area contributed by atoms with Crippen LogP contribution in [-0.2, 0) is 12.1 Å². The maximum absolute atomic E-state index is 12.7. The first kappa shape index (κ1) is 19.0. The monoisotopic (exact) mass is 344 g/mol. The van der Waals surface area contributed by atoms with Gasteiger partial charge in [-0.05, 0) is 32.8 Å². The van der Waals surface area contributed by atoms with E-state index in [1.807, 2.05) is 68.9 Å². The van der Waals surface area contributed by atoms with Crippen LogP contribution in [0.2, 0.25) is 0 Å². The Kier molecular flexibility index (Phi) is 6.20. The van der Waals surface area contributed by atoms with Gasteiger partial charge in [0.2, 0.25) is 0 Å². The van der Waals surface area contributed by atoms with Crippen molar-refractivity contribution in [3.05, 3.63) is 48.3 Å². The molecule has 0 aliphatic heterocycles. The summed E-state index contributed by atoms with van der Waals surface area (Å²) in [5.41, 5.74) is 1.51. The van der Waals surface area contributed by atoms with Crippen LogP contribution in [0.15, 0.2) is 42.7 Å². The fourth-order valence-corrected chi connectivity index (χ4v) is 2.36. The molecule has 0 saturated heterocycles. The van der Waals surface area contributed by atoms with Gasteiger partial charge < -0.3 is 15.3 Å². The van der Waals surface area contributed by atoms with Gasteiger partial charge in [0.1, 0.15) is 0 Å². The minimum atomic E-state index is -0.549. The first-order chi connectivity index (χ1) is 11.8.